The summed E-state index contributed by atoms with van der Waals surface area (Å²) in [4.78, 5) is 22.5. The van der Waals surface area contributed by atoms with Crippen molar-refractivity contribution >= 4 is 11.8 Å². The molecule has 5 nitrogen and oxygen atoms in total. The monoisotopic (exact) mass is 246 g/mol. The molecule has 0 aliphatic heterocycles. The van der Waals surface area contributed by atoms with Gasteiger partial charge in [0.05, 0.1) is 13.2 Å². The van der Waals surface area contributed by atoms with Gasteiger partial charge in [-0.3, -0.25) is 9.59 Å². The Morgan fingerprint density at radius 2 is 1.53 bits per heavy atom. The van der Waals surface area contributed by atoms with Gasteiger partial charge >= 0.3 is 5.97 Å². The number of carbonyl (C=O) groups is 2. The topological polar surface area (TPSA) is 72.8 Å². The maximum atomic E-state index is 11.9. The highest BCUT2D eigenvalue weighted by molar-refractivity contribution is 5.98. The van der Waals surface area contributed by atoms with Crippen molar-refractivity contribution in [1.82, 2.24) is 0 Å². The molecule has 0 heterocycles. The van der Waals surface area contributed by atoms with Crippen molar-refractivity contribution in [2.75, 3.05) is 13.2 Å². The highest BCUT2D eigenvalue weighted by atomic mass is 16.7. The van der Waals surface area contributed by atoms with Crippen molar-refractivity contribution in [3.05, 3.63) is 0 Å². The van der Waals surface area contributed by atoms with E-state index in [0.717, 1.165) is 12.8 Å². The molecule has 5 heteroatoms. The van der Waals surface area contributed by atoms with E-state index in [1.807, 2.05) is 13.8 Å². The Morgan fingerprint density at radius 3 is 1.82 bits per heavy atom. The molecule has 0 saturated carbocycles. The van der Waals surface area contributed by atoms with Crippen LogP contribution in [0, 0.1) is 0 Å². The highest BCUT2D eigenvalue weighted by Crippen LogP contribution is 2.22. The number of rotatable bonds is 10. The quantitative estimate of drug-likeness (QED) is 0.471. The predicted molar refractivity (Wildman–Crippen MR) is 62.8 cm³/mol. The van der Waals surface area contributed by atoms with Crippen LogP contribution in [0.5, 0.6) is 0 Å². The molecular formula is C12H22O5. The lowest BCUT2D eigenvalue weighted by atomic mass is 10.1. The largest absolute Gasteiger partial charge is 0.481 e. The first-order valence-electron chi connectivity index (χ1n) is 6.05. The fourth-order valence-corrected chi connectivity index (χ4v) is 1.41. The van der Waals surface area contributed by atoms with E-state index in [1.54, 1.807) is 6.92 Å². The van der Waals surface area contributed by atoms with Crippen LogP contribution in [-0.4, -0.2) is 35.9 Å². The van der Waals surface area contributed by atoms with Gasteiger partial charge in [0.2, 0.25) is 11.6 Å². The van der Waals surface area contributed by atoms with Crippen LogP contribution >= 0.6 is 0 Å². The first-order valence-corrected chi connectivity index (χ1v) is 6.05. The van der Waals surface area contributed by atoms with Crippen LogP contribution in [0.4, 0.5) is 0 Å². The van der Waals surface area contributed by atoms with Crippen LogP contribution in [0.15, 0.2) is 0 Å². The molecule has 0 aliphatic carbocycles. The number of hydrogen-bond acceptors (Lipinski definition) is 4. The summed E-state index contributed by atoms with van der Waals surface area (Å²) >= 11 is 0. The van der Waals surface area contributed by atoms with Gasteiger partial charge in [-0.1, -0.05) is 20.8 Å². The third-order valence-corrected chi connectivity index (χ3v) is 2.28. The van der Waals surface area contributed by atoms with Crippen molar-refractivity contribution in [2.24, 2.45) is 0 Å². The van der Waals surface area contributed by atoms with Gasteiger partial charge in [0.15, 0.2) is 0 Å². The Kier molecular flexibility index (Phi) is 7.74. The number of ketones is 1. The fourth-order valence-electron chi connectivity index (χ4n) is 1.41. The minimum Gasteiger partial charge on any atom is -0.481 e. The molecule has 0 aromatic heterocycles. The van der Waals surface area contributed by atoms with Crippen LogP contribution in [0.3, 0.4) is 0 Å². The summed E-state index contributed by atoms with van der Waals surface area (Å²) in [5.41, 5.74) is 0. The van der Waals surface area contributed by atoms with Crippen LogP contribution in [0.25, 0.3) is 0 Å². The minimum absolute atomic E-state index is 0.319. The SMILES string of the molecule is CCCOC(CC)(OCCC)C(=O)CC(=O)O. The zero-order valence-electron chi connectivity index (χ0n) is 10.8. The maximum Gasteiger partial charge on any atom is 0.311 e. The van der Waals surface area contributed by atoms with Crippen molar-refractivity contribution in [1.29, 1.82) is 0 Å². The smallest absolute Gasteiger partial charge is 0.311 e. The van der Waals surface area contributed by atoms with Crippen LogP contribution in [-0.2, 0) is 19.1 Å². The number of carbonyl (C=O) groups excluding carboxylic acids is 1. The van der Waals surface area contributed by atoms with E-state index in [2.05, 4.69) is 0 Å². The molecule has 100 valence electrons. The van der Waals surface area contributed by atoms with Gasteiger partial charge in [0, 0.05) is 6.42 Å². The number of carboxylic acid groups (broad SMARTS) is 1. The van der Waals surface area contributed by atoms with E-state index >= 15 is 0 Å². The summed E-state index contributed by atoms with van der Waals surface area (Å²) in [5.74, 6) is -3.06. The van der Waals surface area contributed by atoms with E-state index in [4.69, 9.17) is 14.6 Å². The van der Waals surface area contributed by atoms with Gasteiger partial charge in [0.25, 0.3) is 0 Å². The molecule has 0 bridgehead atoms. The van der Waals surface area contributed by atoms with Crippen molar-refractivity contribution < 1.29 is 24.2 Å². The second-order valence-electron chi connectivity index (χ2n) is 3.80. The summed E-state index contributed by atoms with van der Waals surface area (Å²) < 4.78 is 10.9. The molecule has 0 aliphatic rings. The molecule has 0 aromatic rings. The molecule has 0 rings (SSSR count). The van der Waals surface area contributed by atoms with Gasteiger partial charge < -0.3 is 14.6 Å². The van der Waals surface area contributed by atoms with Gasteiger partial charge in [-0.15, -0.1) is 0 Å². The zero-order chi connectivity index (χ0) is 13.3. The van der Waals surface area contributed by atoms with E-state index < -0.39 is 24.0 Å². The Bertz CT molecular complexity index is 241. The number of aliphatic carboxylic acids is 1. The Labute approximate surface area is 102 Å². The lowest BCUT2D eigenvalue weighted by Gasteiger charge is -2.30. The Hall–Kier alpha value is -0.940. The van der Waals surface area contributed by atoms with Gasteiger partial charge in [-0.25, -0.2) is 0 Å². The Morgan fingerprint density at radius 1 is 1.06 bits per heavy atom. The minimum atomic E-state index is -1.38. The maximum absolute atomic E-state index is 11.9. The summed E-state index contributed by atoms with van der Waals surface area (Å²) in [6.45, 7) is 6.35. The molecule has 0 spiro atoms. The highest BCUT2D eigenvalue weighted by Gasteiger charge is 2.39. The van der Waals surface area contributed by atoms with Crippen LogP contribution in [0.2, 0.25) is 0 Å². The molecule has 1 N–H and O–H groups in total. The van der Waals surface area contributed by atoms with Crippen molar-refractivity contribution in [3.63, 3.8) is 0 Å². The predicted octanol–water partition coefficient (Wildman–Crippen LogP) is 1.99. The molecule has 0 saturated heterocycles. The first-order chi connectivity index (χ1) is 8.02. The van der Waals surface area contributed by atoms with Gasteiger partial charge in [-0.2, -0.15) is 0 Å². The molecule has 0 amide bonds. The van der Waals surface area contributed by atoms with E-state index in [1.165, 1.54) is 0 Å². The van der Waals surface area contributed by atoms with E-state index in [9.17, 15) is 9.59 Å². The normalized spacial score (nSPS) is 11.5. The third kappa shape index (κ3) is 5.28. The van der Waals surface area contributed by atoms with E-state index in [-0.39, 0.29) is 0 Å². The summed E-state index contributed by atoms with van der Waals surface area (Å²) in [5, 5.41) is 8.66. The molecule has 0 unspecified atom stereocenters. The molecule has 0 aromatic carbocycles. The average Bonchev–Trinajstić information content (AvgIpc) is 2.29. The fraction of sp³-hybridized carbons (Fsp3) is 0.833. The second kappa shape index (κ2) is 8.20. The summed E-state index contributed by atoms with van der Waals surface area (Å²) in [7, 11) is 0. The van der Waals surface area contributed by atoms with Gasteiger partial charge in [0.1, 0.15) is 6.42 Å². The molecule has 0 radical (unpaired) electrons. The van der Waals surface area contributed by atoms with E-state index in [0.29, 0.717) is 19.6 Å². The molecular weight excluding hydrogens is 224 g/mol. The second-order valence-corrected chi connectivity index (χ2v) is 3.80. The number of carboxylic acids is 1. The van der Waals surface area contributed by atoms with Crippen molar-refractivity contribution in [2.45, 2.75) is 52.2 Å². The molecule has 0 fully saturated rings. The van der Waals surface area contributed by atoms with Gasteiger partial charge in [-0.05, 0) is 12.8 Å². The molecule has 0 atom stereocenters. The zero-order valence-corrected chi connectivity index (χ0v) is 10.8. The van der Waals surface area contributed by atoms with Crippen LogP contribution < -0.4 is 0 Å². The number of hydrogen-bond donors (Lipinski definition) is 1. The first kappa shape index (κ1) is 16.1. The standard InChI is InChI=1S/C12H22O5/c1-4-7-16-12(6-3,17-8-5-2)10(13)9-11(14)15/h4-9H2,1-3H3,(H,14,15). The van der Waals surface area contributed by atoms with Crippen molar-refractivity contribution in [3.8, 4) is 0 Å². The number of ether oxygens (including phenoxy) is 2. The lowest BCUT2D eigenvalue weighted by Crippen LogP contribution is -2.45. The lowest BCUT2D eigenvalue weighted by molar-refractivity contribution is -0.230. The summed E-state index contributed by atoms with van der Waals surface area (Å²) in [6, 6.07) is 0. The molecule has 17 heavy (non-hydrogen) atoms. The number of Topliss-reactive ketones (excluding diaryl/α,β-unsaturated/α-hetero) is 1. The summed E-state index contributed by atoms with van der Waals surface area (Å²) in [6.07, 6.45) is 1.25. The van der Waals surface area contributed by atoms with Crippen LogP contribution in [0.1, 0.15) is 46.5 Å². The Balaban J connectivity index is 4.74. The third-order valence-electron chi connectivity index (χ3n) is 2.28. The average molecular weight is 246 g/mol.